The van der Waals surface area contributed by atoms with Crippen molar-refractivity contribution in [2.75, 3.05) is 24.3 Å². The maximum atomic E-state index is 12.9. The summed E-state index contributed by atoms with van der Waals surface area (Å²) in [6, 6.07) is 6.65. The van der Waals surface area contributed by atoms with Crippen LogP contribution in [-0.4, -0.2) is 51.0 Å². The lowest BCUT2D eigenvalue weighted by Crippen LogP contribution is -2.66. The molecular formula is C16H26N2O4SSi. The Morgan fingerprint density at radius 3 is 2.08 bits per heavy atom. The zero-order valence-corrected chi connectivity index (χ0v) is 17.0. The zero-order valence-electron chi connectivity index (χ0n) is 15.2. The Bertz CT molecular complexity index is 723. The van der Waals surface area contributed by atoms with E-state index < -0.39 is 28.9 Å². The molecule has 0 radical (unpaired) electrons. The first-order valence-electron chi connectivity index (χ1n) is 7.87. The minimum Gasteiger partial charge on any atom is -0.497 e. The number of benzene rings is 1. The number of methoxy groups -OCH3 is 1. The van der Waals surface area contributed by atoms with Crippen LogP contribution in [0.4, 0.5) is 10.5 Å². The molecule has 0 aliphatic carbocycles. The van der Waals surface area contributed by atoms with Crippen LogP contribution >= 0.6 is 0 Å². The number of urea groups is 1. The Morgan fingerprint density at radius 1 is 1.08 bits per heavy atom. The number of hydrogen-bond donors (Lipinski definition) is 0. The molecule has 6 nitrogen and oxygen atoms in total. The SMILES string of the molecule is COc1ccc(N2C[Si](C)(C)CN(S(=O)(=O)C(C)(C)C)C2=O)cc1. The van der Waals surface area contributed by atoms with Crippen LogP contribution in [-0.2, 0) is 10.0 Å². The Hall–Kier alpha value is -1.54. The van der Waals surface area contributed by atoms with Gasteiger partial charge < -0.3 is 4.74 Å². The van der Waals surface area contributed by atoms with E-state index in [-0.39, 0.29) is 0 Å². The minimum absolute atomic E-state index is 0.318. The summed E-state index contributed by atoms with van der Waals surface area (Å²) in [6.45, 7) is 9.06. The summed E-state index contributed by atoms with van der Waals surface area (Å²) in [6.07, 6.45) is 0.909. The molecule has 1 aliphatic rings. The third kappa shape index (κ3) is 3.44. The molecule has 2 rings (SSSR count). The molecule has 0 bridgehead atoms. The Kier molecular flexibility index (Phi) is 4.75. The van der Waals surface area contributed by atoms with Crippen LogP contribution in [0.2, 0.25) is 13.1 Å². The van der Waals surface area contributed by atoms with E-state index in [9.17, 15) is 13.2 Å². The third-order valence-electron chi connectivity index (χ3n) is 4.05. The van der Waals surface area contributed by atoms with Crippen LogP contribution in [0.25, 0.3) is 0 Å². The quantitative estimate of drug-likeness (QED) is 0.767. The zero-order chi connectivity index (χ0) is 18.3. The van der Waals surface area contributed by atoms with Gasteiger partial charge in [-0.05, 0) is 45.0 Å². The van der Waals surface area contributed by atoms with Crippen LogP contribution in [0.5, 0.6) is 5.75 Å². The van der Waals surface area contributed by atoms with Crippen LogP contribution < -0.4 is 9.64 Å². The second-order valence-electron chi connectivity index (χ2n) is 7.86. The van der Waals surface area contributed by atoms with Gasteiger partial charge in [0.05, 0.1) is 19.9 Å². The van der Waals surface area contributed by atoms with Gasteiger partial charge in [-0.3, -0.25) is 4.90 Å². The van der Waals surface area contributed by atoms with E-state index in [1.54, 1.807) is 57.0 Å². The van der Waals surface area contributed by atoms with Crippen molar-refractivity contribution < 1.29 is 17.9 Å². The summed E-state index contributed by atoms with van der Waals surface area (Å²) in [5, 5.41) is 0. The molecule has 1 fully saturated rings. The molecule has 1 aromatic rings. The molecule has 1 aromatic carbocycles. The number of rotatable bonds is 3. The number of carbonyl (C=O) groups is 1. The van der Waals surface area contributed by atoms with Crippen molar-refractivity contribution in [3.05, 3.63) is 24.3 Å². The van der Waals surface area contributed by atoms with Crippen LogP contribution in [0.15, 0.2) is 24.3 Å². The summed E-state index contributed by atoms with van der Waals surface area (Å²) >= 11 is 0. The fraction of sp³-hybridized carbons (Fsp3) is 0.562. The van der Waals surface area contributed by atoms with E-state index >= 15 is 0 Å². The van der Waals surface area contributed by atoms with Gasteiger partial charge in [-0.15, -0.1) is 0 Å². The van der Waals surface area contributed by atoms with E-state index in [0.717, 1.165) is 4.31 Å². The second-order valence-corrected chi connectivity index (χ2v) is 15.4. The molecule has 1 saturated heterocycles. The van der Waals surface area contributed by atoms with Crippen molar-refractivity contribution in [3.63, 3.8) is 0 Å². The minimum atomic E-state index is -3.72. The van der Waals surface area contributed by atoms with Crippen LogP contribution in [0.3, 0.4) is 0 Å². The molecule has 0 aromatic heterocycles. The fourth-order valence-electron chi connectivity index (χ4n) is 2.62. The first-order chi connectivity index (χ1) is 10.9. The van der Waals surface area contributed by atoms with Crippen LogP contribution in [0.1, 0.15) is 20.8 Å². The number of ether oxygens (including phenoxy) is 1. The van der Waals surface area contributed by atoms with Crippen molar-refractivity contribution in [2.24, 2.45) is 0 Å². The van der Waals surface area contributed by atoms with Gasteiger partial charge in [0.15, 0.2) is 0 Å². The van der Waals surface area contributed by atoms with Crippen molar-refractivity contribution in [1.82, 2.24) is 4.31 Å². The predicted octanol–water partition coefficient (Wildman–Crippen LogP) is 2.85. The maximum absolute atomic E-state index is 12.9. The van der Waals surface area contributed by atoms with Crippen molar-refractivity contribution >= 4 is 29.8 Å². The molecule has 1 aliphatic heterocycles. The smallest absolute Gasteiger partial charge is 0.337 e. The van der Waals surface area contributed by atoms with Gasteiger partial charge in [-0.25, -0.2) is 17.5 Å². The number of sulfonamides is 1. The summed E-state index contributed by atoms with van der Waals surface area (Å²) in [5.74, 6) is 0.693. The molecule has 0 N–H and O–H groups in total. The average Bonchev–Trinajstić information content (AvgIpc) is 2.48. The highest BCUT2D eigenvalue weighted by atomic mass is 32.2. The number of nitrogens with zero attached hydrogens (tertiary/aromatic N) is 2. The second kappa shape index (κ2) is 6.07. The molecule has 2 amide bonds. The molecule has 0 saturated carbocycles. The summed E-state index contributed by atoms with van der Waals surface area (Å²) < 4.78 is 30.9. The molecule has 8 heteroatoms. The van der Waals surface area contributed by atoms with Gasteiger partial charge in [0.25, 0.3) is 0 Å². The normalized spacial score (nSPS) is 18.7. The molecular weight excluding hydrogens is 344 g/mol. The van der Waals surface area contributed by atoms with Gasteiger partial charge in [-0.2, -0.15) is 0 Å². The first kappa shape index (κ1) is 18.8. The molecule has 134 valence electrons. The standard InChI is InChI=1S/C16H26N2O4SSi/c1-16(2,3)23(20,21)18-12-24(5,6)11-17(15(18)19)13-7-9-14(22-4)10-8-13/h7-10H,11-12H2,1-6H3. The van der Waals surface area contributed by atoms with Crippen molar-refractivity contribution in [3.8, 4) is 5.75 Å². The number of amides is 2. The number of carbonyl (C=O) groups excluding carboxylic acids is 1. The third-order valence-corrected chi connectivity index (χ3v) is 9.04. The monoisotopic (exact) mass is 370 g/mol. The molecule has 0 atom stereocenters. The summed E-state index contributed by atoms with van der Waals surface area (Å²) in [7, 11) is -4.07. The van der Waals surface area contributed by atoms with E-state index in [4.69, 9.17) is 4.74 Å². The first-order valence-corrected chi connectivity index (χ1v) is 12.7. The molecule has 24 heavy (non-hydrogen) atoms. The highest BCUT2D eigenvalue weighted by Crippen LogP contribution is 2.30. The van der Waals surface area contributed by atoms with E-state index in [0.29, 0.717) is 23.8 Å². The van der Waals surface area contributed by atoms with Gasteiger partial charge >= 0.3 is 6.03 Å². The van der Waals surface area contributed by atoms with Crippen molar-refractivity contribution in [2.45, 2.75) is 38.6 Å². The van der Waals surface area contributed by atoms with Gasteiger partial charge in [-0.1, -0.05) is 13.1 Å². The lowest BCUT2D eigenvalue weighted by atomic mass is 10.3. The summed E-state index contributed by atoms with van der Waals surface area (Å²) in [4.78, 5) is 14.5. The Labute approximate surface area is 145 Å². The van der Waals surface area contributed by atoms with Crippen LogP contribution in [0, 0.1) is 0 Å². The lowest BCUT2D eigenvalue weighted by molar-refractivity contribution is 0.230. The average molecular weight is 371 g/mol. The van der Waals surface area contributed by atoms with Gasteiger partial charge in [0.1, 0.15) is 5.75 Å². The van der Waals surface area contributed by atoms with E-state index in [1.165, 1.54) is 0 Å². The largest absolute Gasteiger partial charge is 0.497 e. The topological polar surface area (TPSA) is 66.9 Å². The van der Waals surface area contributed by atoms with E-state index in [2.05, 4.69) is 13.1 Å². The molecule has 1 heterocycles. The highest BCUT2D eigenvalue weighted by molar-refractivity contribution is 7.91. The van der Waals surface area contributed by atoms with E-state index in [1.807, 2.05) is 0 Å². The maximum Gasteiger partial charge on any atom is 0.337 e. The van der Waals surface area contributed by atoms with Gasteiger partial charge in [0, 0.05) is 18.0 Å². The van der Waals surface area contributed by atoms with Crippen molar-refractivity contribution in [1.29, 1.82) is 0 Å². The van der Waals surface area contributed by atoms with Gasteiger partial charge in [0.2, 0.25) is 10.0 Å². The predicted molar refractivity (Wildman–Crippen MR) is 98.6 cm³/mol. The highest BCUT2D eigenvalue weighted by Gasteiger charge is 2.47. The fourth-order valence-corrected chi connectivity index (χ4v) is 7.50. The summed E-state index contributed by atoms with van der Waals surface area (Å²) in [5.41, 5.74) is 0.690. The Morgan fingerprint density at radius 2 is 1.62 bits per heavy atom. The lowest BCUT2D eigenvalue weighted by Gasteiger charge is -2.44. The Balaban J connectivity index is 2.44. The molecule has 0 unspecified atom stereocenters. The number of anilines is 1. The molecule has 0 spiro atoms. The number of hydrogen-bond acceptors (Lipinski definition) is 4.